The Hall–Kier alpha value is -1.31. The third kappa shape index (κ3) is 1.13. The van der Waals surface area contributed by atoms with Crippen LogP contribution in [0.5, 0.6) is 0 Å². The highest BCUT2D eigenvalue weighted by Crippen LogP contribution is 2.26. The third-order valence-corrected chi connectivity index (χ3v) is 2.57. The Morgan fingerprint density at radius 3 is 2.92 bits per heavy atom. The van der Waals surface area contributed by atoms with E-state index in [9.17, 15) is 4.79 Å². The van der Waals surface area contributed by atoms with Crippen LogP contribution in [0.1, 0.15) is 34.0 Å². The number of hydrogen-bond donors (Lipinski definition) is 0. The maximum Gasteiger partial charge on any atom is 0.339 e. The van der Waals surface area contributed by atoms with Gasteiger partial charge in [-0.1, -0.05) is 19.1 Å². The quantitative estimate of drug-likeness (QED) is 0.613. The lowest BCUT2D eigenvalue weighted by atomic mass is 9.97. The van der Waals surface area contributed by atoms with Gasteiger partial charge in [0.2, 0.25) is 0 Å². The summed E-state index contributed by atoms with van der Waals surface area (Å²) in [6.45, 7) is 4.52. The molecule has 0 saturated heterocycles. The van der Waals surface area contributed by atoms with Crippen LogP contribution in [0.4, 0.5) is 0 Å². The van der Waals surface area contributed by atoms with Crippen LogP contribution in [0.2, 0.25) is 0 Å². The predicted molar refractivity (Wildman–Crippen MR) is 49.7 cm³/mol. The fourth-order valence-corrected chi connectivity index (χ4v) is 1.75. The van der Waals surface area contributed by atoms with E-state index in [1.54, 1.807) is 0 Å². The van der Waals surface area contributed by atoms with E-state index in [0.29, 0.717) is 6.61 Å². The fourth-order valence-electron chi connectivity index (χ4n) is 1.75. The number of rotatable bonds is 1. The van der Waals surface area contributed by atoms with Gasteiger partial charge in [-0.05, 0) is 24.5 Å². The second kappa shape index (κ2) is 2.87. The van der Waals surface area contributed by atoms with Crippen molar-refractivity contribution in [3.63, 3.8) is 0 Å². The number of carbonyl (C=O) groups is 1. The molecule has 0 amide bonds. The van der Waals surface area contributed by atoms with Gasteiger partial charge in [0, 0.05) is 5.56 Å². The summed E-state index contributed by atoms with van der Waals surface area (Å²) in [6, 6.07) is 4.07. The molecule has 0 radical (unpaired) electrons. The summed E-state index contributed by atoms with van der Waals surface area (Å²) < 4.78 is 5.01. The van der Waals surface area contributed by atoms with Gasteiger partial charge in [-0.25, -0.2) is 4.79 Å². The molecule has 2 rings (SSSR count). The standard InChI is InChI=1S/C11H12O2/c1-3-8-5-4-7(2)9-6-13-11(12)10(8)9/h4-5H,3,6H2,1-2H3. The highest BCUT2D eigenvalue weighted by atomic mass is 16.5. The lowest BCUT2D eigenvalue weighted by molar-refractivity contribution is 0.0534. The van der Waals surface area contributed by atoms with Crippen LogP contribution in [-0.4, -0.2) is 5.97 Å². The van der Waals surface area contributed by atoms with E-state index in [-0.39, 0.29) is 5.97 Å². The van der Waals surface area contributed by atoms with Crippen molar-refractivity contribution in [3.8, 4) is 0 Å². The number of fused-ring (bicyclic) bond motifs is 1. The predicted octanol–water partition coefficient (Wildman–Crippen LogP) is 2.23. The minimum absolute atomic E-state index is 0.157. The molecule has 0 atom stereocenters. The lowest BCUT2D eigenvalue weighted by Gasteiger charge is -2.04. The molecular weight excluding hydrogens is 164 g/mol. The van der Waals surface area contributed by atoms with E-state index >= 15 is 0 Å². The molecule has 0 aliphatic carbocycles. The Morgan fingerprint density at radius 1 is 1.46 bits per heavy atom. The summed E-state index contributed by atoms with van der Waals surface area (Å²) in [5.74, 6) is -0.157. The summed E-state index contributed by atoms with van der Waals surface area (Å²) in [6.07, 6.45) is 0.887. The molecule has 0 spiro atoms. The van der Waals surface area contributed by atoms with Gasteiger partial charge in [-0.15, -0.1) is 0 Å². The Bertz CT molecular complexity index is 367. The molecule has 1 aliphatic heterocycles. The molecule has 0 fully saturated rings. The molecule has 68 valence electrons. The van der Waals surface area contributed by atoms with Crippen molar-refractivity contribution in [3.05, 3.63) is 34.4 Å². The van der Waals surface area contributed by atoms with Crippen molar-refractivity contribution in [2.45, 2.75) is 26.9 Å². The highest BCUT2D eigenvalue weighted by molar-refractivity contribution is 5.95. The smallest absolute Gasteiger partial charge is 0.339 e. The highest BCUT2D eigenvalue weighted by Gasteiger charge is 2.25. The van der Waals surface area contributed by atoms with Crippen molar-refractivity contribution in [2.24, 2.45) is 0 Å². The van der Waals surface area contributed by atoms with Crippen LogP contribution in [0, 0.1) is 6.92 Å². The first-order valence-corrected chi connectivity index (χ1v) is 4.52. The Kier molecular flexibility index (Phi) is 1.83. The molecule has 0 unspecified atom stereocenters. The number of ether oxygens (including phenoxy) is 1. The summed E-state index contributed by atoms with van der Waals surface area (Å²) >= 11 is 0. The van der Waals surface area contributed by atoms with Crippen LogP contribution >= 0.6 is 0 Å². The molecule has 0 bridgehead atoms. The first kappa shape index (κ1) is 8.30. The normalized spacial score (nSPS) is 14.2. The van der Waals surface area contributed by atoms with E-state index in [1.165, 1.54) is 0 Å². The average molecular weight is 176 g/mol. The van der Waals surface area contributed by atoms with E-state index in [4.69, 9.17) is 4.74 Å². The topological polar surface area (TPSA) is 26.3 Å². The third-order valence-electron chi connectivity index (χ3n) is 2.57. The second-order valence-electron chi connectivity index (χ2n) is 3.32. The van der Waals surface area contributed by atoms with Gasteiger partial charge in [0.05, 0.1) is 5.56 Å². The minimum atomic E-state index is -0.157. The Morgan fingerprint density at radius 2 is 2.23 bits per heavy atom. The number of cyclic esters (lactones) is 1. The molecule has 0 N–H and O–H groups in total. The van der Waals surface area contributed by atoms with Gasteiger partial charge in [0.15, 0.2) is 0 Å². The summed E-state index contributed by atoms with van der Waals surface area (Å²) in [4.78, 5) is 11.4. The summed E-state index contributed by atoms with van der Waals surface area (Å²) in [5, 5.41) is 0. The zero-order valence-corrected chi connectivity index (χ0v) is 7.89. The van der Waals surface area contributed by atoms with Gasteiger partial charge in [0.1, 0.15) is 6.61 Å². The van der Waals surface area contributed by atoms with Gasteiger partial charge in [0.25, 0.3) is 0 Å². The number of esters is 1. The lowest BCUT2D eigenvalue weighted by Crippen LogP contribution is -2.00. The van der Waals surface area contributed by atoms with E-state index in [1.807, 2.05) is 13.0 Å². The molecule has 0 aromatic heterocycles. The molecule has 1 aliphatic rings. The maximum atomic E-state index is 11.4. The first-order chi connectivity index (χ1) is 6.24. The molecule has 0 saturated carbocycles. The molecule has 13 heavy (non-hydrogen) atoms. The Balaban J connectivity index is 2.66. The fraction of sp³-hybridized carbons (Fsp3) is 0.364. The van der Waals surface area contributed by atoms with Crippen molar-refractivity contribution in [2.75, 3.05) is 0 Å². The molecule has 2 nitrogen and oxygen atoms in total. The number of aryl methyl sites for hydroxylation is 2. The molecule has 1 aromatic carbocycles. The zero-order valence-electron chi connectivity index (χ0n) is 7.89. The Labute approximate surface area is 77.5 Å². The summed E-state index contributed by atoms with van der Waals surface area (Å²) in [7, 11) is 0. The van der Waals surface area contributed by atoms with E-state index < -0.39 is 0 Å². The second-order valence-corrected chi connectivity index (χ2v) is 3.32. The minimum Gasteiger partial charge on any atom is -0.457 e. The molecule has 1 aromatic rings. The van der Waals surface area contributed by atoms with Crippen LogP contribution < -0.4 is 0 Å². The largest absolute Gasteiger partial charge is 0.457 e. The summed E-state index contributed by atoms with van der Waals surface area (Å²) in [5.41, 5.74) is 4.13. The van der Waals surface area contributed by atoms with Gasteiger partial charge >= 0.3 is 5.97 Å². The molecular formula is C11H12O2. The number of carbonyl (C=O) groups excluding carboxylic acids is 1. The monoisotopic (exact) mass is 176 g/mol. The SMILES string of the molecule is CCc1ccc(C)c2c1C(=O)OC2. The zero-order chi connectivity index (χ0) is 9.42. The first-order valence-electron chi connectivity index (χ1n) is 4.52. The van der Waals surface area contributed by atoms with Crippen molar-refractivity contribution in [1.82, 2.24) is 0 Å². The van der Waals surface area contributed by atoms with Crippen molar-refractivity contribution >= 4 is 5.97 Å². The van der Waals surface area contributed by atoms with Crippen LogP contribution in [-0.2, 0) is 17.8 Å². The number of hydrogen-bond acceptors (Lipinski definition) is 2. The van der Waals surface area contributed by atoms with E-state index in [2.05, 4.69) is 13.0 Å². The van der Waals surface area contributed by atoms with Crippen LogP contribution in [0.15, 0.2) is 12.1 Å². The molecule has 2 heteroatoms. The van der Waals surface area contributed by atoms with Gasteiger partial charge in [-0.3, -0.25) is 0 Å². The maximum absolute atomic E-state index is 11.4. The van der Waals surface area contributed by atoms with Crippen molar-refractivity contribution in [1.29, 1.82) is 0 Å². The van der Waals surface area contributed by atoms with Gasteiger partial charge < -0.3 is 4.74 Å². The van der Waals surface area contributed by atoms with Crippen LogP contribution in [0.25, 0.3) is 0 Å². The van der Waals surface area contributed by atoms with Crippen molar-refractivity contribution < 1.29 is 9.53 Å². The van der Waals surface area contributed by atoms with Crippen LogP contribution in [0.3, 0.4) is 0 Å². The molecule has 1 heterocycles. The van der Waals surface area contributed by atoms with E-state index in [0.717, 1.165) is 28.7 Å². The number of benzene rings is 1. The van der Waals surface area contributed by atoms with Gasteiger partial charge in [-0.2, -0.15) is 0 Å². The average Bonchev–Trinajstić information content (AvgIpc) is 2.51.